The zero-order chi connectivity index (χ0) is 15.0. The van der Waals surface area contributed by atoms with Gasteiger partial charge in [0.15, 0.2) is 0 Å². The predicted octanol–water partition coefficient (Wildman–Crippen LogP) is 4.71. The molecule has 0 aliphatic rings. The van der Waals surface area contributed by atoms with E-state index in [-0.39, 0.29) is 0 Å². The van der Waals surface area contributed by atoms with Gasteiger partial charge < -0.3 is 10.1 Å². The van der Waals surface area contributed by atoms with Crippen LogP contribution in [0.25, 0.3) is 10.2 Å². The molecule has 0 fully saturated rings. The number of aromatic nitrogens is 2. The zero-order valence-corrected chi connectivity index (χ0v) is 13.5. The molecule has 4 nitrogen and oxygen atoms in total. The van der Waals surface area contributed by atoms with Gasteiger partial charge in [0.05, 0.1) is 18.2 Å². The van der Waals surface area contributed by atoms with Crippen LogP contribution in [0.4, 0.5) is 11.5 Å². The van der Waals surface area contributed by atoms with Crippen LogP contribution in [0.3, 0.4) is 0 Å². The number of nitrogens with one attached hydrogen (secondary N) is 1. The molecule has 1 aromatic carbocycles. The summed E-state index contributed by atoms with van der Waals surface area (Å²) in [6.45, 7) is 4.01. The number of methoxy groups -OCH3 is 1. The fraction of sp³-hybridized carbons (Fsp3) is 0.200. The minimum Gasteiger partial charge on any atom is -0.495 e. The van der Waals surface area contributed by atoms with Crippen molar-refractivity contribution in [2.75, 3.05) is 12.4 Å². The van der Waals surface area contributed by atoms with Crippen LogP contribution in [0.5, 0.6) is 5.75 Å². The Hall–Kier alpha value is -1.85. The van der Waals surface area contributed by atoms with Crippen LogP contribution in [0.1, 0.15) is 10.4 Å². The van der Waals surface area contributed by atoms with E-state index in [0.29, 0.717) is 10.8 Å². The molecule has 0 saturated carbocycles. The van der Waals surface area contributed by atoms with Gasteiger partial charge in [-0.15, -0.1) is 11.3 Å². The standard InChI is InChI=1S/C15H14ClN3OS/c1-8-4-12(13(20-3)6-11(8)16)19-14-10-5-9(2)21-15(10)18-7-17-14/h4-7H,1-3H3,(H,17,18,19). The molecule has 6 heteroatoms. The van der Waals surface area contributed by atoms with Gasteiger partial charge in [-0.3, -0.25) is 0 Å². The molecule has 0 aliphatic heterocycles. The third kappa shape index (κ3) is 2.66. The highest BCUT2D eigenvalue weighted by atomic mass is 35.5. The lowest BCUT2D eigenvalue weighted by Crippen LogP contribution is -1.98. The van der Waals surface area contributed by atoms with E-state index in [4.69, 9.17) is 16.3 Å². The molecule has 1 N–H and O–H groups in total. The topological polar surface area (TPSA) is 47.0 Å². The number of thiophene rings is 1. The quantitative estimate of drug-likeness (QED) is 0.759. The largest absolute Gasteiger partial charge is 0.495 e. The molecule has 0 bridgehead atoms. The number of halogens is 1. The summed E-state index contributed by atoms with van der Waals surface area (Å²) in [7, 11) is 1.62. The molecule has 0 radical (unpaired) electrons. The van der Waals surface area contributed by atoms with Gasteiger partial charge in [-0.1, -0.05) is 11.6 Å². The zero-order valence-electron chi connectivity index (χ0n) is 11.9. The minimum atomic E-state index is 0.677. The number of hydrogen-bond acceptors (Lipinski definition) is 5. The van der Waals surface area contributed by atoms with E-state index < -0.39 is 0 Å². The number of anilines is 2. The third-order valence-electron chi connectivity index (χ3n) is 3.19. The van der Waals surface area contributed by atoms with Crippen molar-refractivity contribution in [2.45, 2.75) is 13.8 Å². The van der Waals surface area contributed by atoms with Crippen molar-refractivity contribution in [3.05, 3.63) is 40.0 Å². The molecule has 2 aromatic heterocycles. The van der Waals surface area contributed by atoms with Gasteiger partial charge in [-0.2, -0.15) is 0 Å². The van der Waals surface area contributed by atoms with Gasteiger partial charge in [0.1, 0.15) is 22.7 Å². The molecule has 3 rings (SSSR count). The number of nitrogens with zero attached hydrogens (tertiary/aromatic N) is 2. The Kier molecular flexibility index (Phi) is 3.69. The Bertz CT molecular complexity index is 816. The number of aryl methyl sites for hydroxylation is 2. The average Bonchev–Trinajstić information content (AvgIpc) is 2.84. The Morgan fingerprint density at radius 1 is 1.19 bits per heavy atom. The van der Waals surface area contributed by atoms with Crippen LogP contribution in [0.15, 0.2) is 24.5 Å². The number of fused-ring (bicyclic) bond motifs is 1. The van der Waals surface area contributed by atoms with Crippen molar-refractivity contribution in [1.82, 2.24) is 9.97 Å². The predicted molar refractivity (Wildman–Crippen MR) is 88.2 cm³/mol. The maximum absolute atomic E-state index is 6.13. The summed E-state index contributed by atoms with van der Waals surface area (Å²) in [5, 5.41) is 5.01. The van der Waals surface area contributed by atoms with E-state index in [9.17, 15) is 0 Å². The highest BCUT2D eigenvalue weighted by Crippen LogP contribution is 2.35. The molecule has 0 amide bonds. The van der Waals surface area contributed by atoms with Crippen LogP contribution in [0.2, 0.25) is 5.02 Å². The molecule has 0 atom stereocenters. The second kappa shape index (κ2) is 5.50. The summed E-state index contributed by atoms with van der Waals surface area (Å²) in [4.78, 5) is 10.8. The van der Waals surface area contributed by atoms with Gasteiger partial charge >= 0.3 is 0 Å². The normalized spacial score (nSPS) is 10.9. The van der Waals surface area contributed by atoms with Crippen LogP contribution in [0, 0.1) is 13.8 Å². The van der Waals surface area contributed by atoms with E-state index in [1.807, 2.05) is 13.0 Å². The molecule has 0 unspecified atom stereocenters. The first-order chi connectivity index (χ1) is 10.1. The number of rotatable bonds is 3. The van der Waals surface area contributed by atoms with Crippen LogP contribution >= 0.6 is 22.9 Å². The fourth-order valence-corrected chi connectivity index (χ4v) is 3.13. The van der Waals surface area contributed by atoms with Gasteiger partial charge in [-0.05, 0) is 31.5 Å². The van der Waals surface area contributed by atoms with E-state index in [0.717, 1.165) is 27.3 Å². The maximum atomic E-state index is 6.13. The maximum Gasteiger partial charge on any atom is 0.143 e. The van der Waals surface area contributed by atoms with E-state index in [1.54, 1.807) is 30.8 Å². The monoisotopic (exact) mass is 319 g/mol. The summed E-state index contributed by atoms with van der Waals surface area (Å²) in [5.74, 6) is 1.45. The molecule has 2 heterocycles. The summed E-state index contributed by atoms with van der Waals surface area (Å²) in [6, 6.07) is 5.84. The molecular formula is C15H14ClN3OS. The first-order valence-electron chi connectivity index (χ1n) is 6.41. The van der Waals surface area contributed by atoms with Crippen molar-refractivity contribution < 1.29 is 4.74 Å². The number of ether oxygens (including phenoxy) is 1. The molecule has 0 saturated heterocycles. The second-order valence-corrected chi connectivity index (χ2v) is 6.37. The van der Waals surface area contributed by atoms with Crippen LogP contribution in [-0.4, -0.2) is 17.1 Å². The van der Waals surface area contributed by atoms with Crippen molar-refractivity contribution in [3.63, 3.8) is 0 Å². The first kappa shape index (κ1) is 14.1. The lowest BCUT2D eigenvalue weighted by Gasteiger charge is -2.13. The lowest BCUT2D eigenvalue weighted by molar-refractivity contribution is 0.416. The fourth-order valence-electron chi connectivity index (χ4n) is 2.13. The smallest absolute Gasteiger partial charge is 0.143 e. The van der Waals surface area contributed by atoms with Crippen molar-refractivity contribution in [3.8, 4) is 5.75 Å². The lowest BCUT2D eigenvalue weighted by atomic mass is 10.2. The molecule has 0 aliphatic carbocycles. The molecular weight excluding hydrogens is 306 g/mol. The Morgan fingerprint density at radius 3 is 2.76 bits per heavy atom. The molecule has 0 spiro atoms. The Balaban J connectivity index is 2.08. The molecule has 3 aromatic rings. The molecule has 21 heavy (non-hydrogen) atoms. The SMILES string of the molecule is COc1cc(Cl)c(C)cc1Nc1ncnc2sc(C)cc12. The second-order valence-electron chi connectivity index (χ2n) is 4.72. The summed E-state index contributed by atoms with van der Waals surface area (Å²) in [5.41, 5.74) is 1.81. The number of hydrogen-bond donors (Lipinski definition) is 1. The van der Waals surface area contributed by atoms with E-state index in [1.165, 1.54) is 4.88 Å². The van der Waals surface area contributed by atoms with E-state index >= 15 is 0 Å². The van der Waals surface area contributed by atoms with Crippen molar-refractivity contribution >= 4 is 44.7 Å². The van der Waals surface area contributed by atoms with Crippen LogP contribution in [-0.2, 0) is 0 Å². The average molecular weight is 320 g/mol. The van der Waals surface area contributed by atoms with Gasteiger partial charge in [0.2, 0.25) is 0 Å². The Morgan fingerprint density at radius 2 is 2.00 bits per heavy atom. The van der Waals surface area contributed by atoms with Crippen molar-refractivity contribution in [1.29, 1.82) is 0 Å². The summed E-state index contributed by atoms with van der Waals surface area (Å²) < 4.78 is 5.38. The summed E-state index contributed by atoms with van der Waals surface area (Å²) in [6.07, 6.45) is 1.57. The first-order valence-corrected chi connectivity index (χ1v) is 7.60. The summed E-state index contributed by atoms with van der Waals surface area (Å²) >= 11 is 7.78. The number of benzene rings is 1. The van der Waals surface area contributed by atoms with Gasteiger partial charge in [-0.25, -0.2) is 9.97 Å². The highest BCUT2D eigenvalue weighted by Gasteiger charge is 2.11. The van der Waals surface area contributed by atoms with Crippen LogP contribution < -0.4 is 10.1 Å². The van der Waals surface area contributed by atoms with E-state index in [2.05, 4.69) is 28.3 Å². The third-order valence-corrected chi connectivity index (χ3v) is 4.55. The van der Waals surface area contributed by atoms with Gasteiger partial charge in [0.25, 0.3) is 0 Å². The van der Waals surface area contributed by atoms with Crippen molar-refractivity contribution in [2.24, 2.45) is 0 Å². The molecule has 108 valence electrons. The highest BCUT2D eigenvalue weighted by molar-refractivity contribution is 7.18. The van der Waals surface area contributed by atoms with Gasteiger partial charge in [0, 0.05) is 16.0 Å². The Labute approximate surface area is 131 Å². The minimum absolute atomic E-state index is 0.677.